The second-order valence-electron chi connectivity index (χ2n) is 4.49. The largest absolute Gasteiger partial charge is 0.465 e. The van der Waals surface area contributed by atoms with Crippen molar-refractivity contribution in [1.82, 2.24) is 15.5 Å². The lowest BCUT2D eigenvalue weighted by Crippen LogP contribution is -2.38. The van der Waals surface area contributed by atoms with Crippen LogP contribution in [0, 0.1) is 0 Å². The van der Waals surface area contributed by atoms with E-state index in [4.69, 9.17) is 0 Å². The lowest BCUT2D eigenvalue weighted by molar-refractivity contribution is 0.0600. The Morgan fingerprint density at radius 3 is 2.35 bits per heavy atom. The zero-order valence-corrected chi connectivity index (χ0v) is 12.1. The van der Waals surface area contributed by atoms with E-state index in [1.165, 1.54) is 12.0 Å². The maximum atomic E-state index is 11.3. The number of carbonyl (C=O) groups excluding carboxylic acids is 2. The summed E-state index contributed by atoms with van der Waals surface area (Å²) in [6.07, 6.45) is 0. The summed E-state index contributed by atoms with van der Waals surface area (Å²) in [7, 11) is 4.76. The highest BCUT2D eigenvalue weighted by molar-refractivity contribution is 5.89. The minimum atomic E-state index is -0.337. The molecule has 0 radical (unpaired) electrons. The fourth-order valence-corrected chi connectivity index (χ4v) is 1.53. The third kappa shape index (κ3) is 5.27. The molecule has 0 saturated heterocycles. The minimum absolute atomic E-state index is 0.103. The van der Waals surface area contributed by atoms with E-state index in [1.807, 2.05) is 12.1 Å². The molecule has 0 aliphatic carbocycles. The molecule has 1 aromatic carbocycles. The number of benzene rings is 1. The Morgan fingerprint density at radius 1 is 1.15 bits per heavy atom. The normalized spacial score (nSPS) is 9.95. The van der Waals surface area contributed by atoms with E-state index in [1.54, 1.807) is 26.2 Å². The van der Waals surface area contributed by atoms with Crippen molar-refractivity contribution in [2.45, 2.75) is 6.54 Å². The Morgan fingerprint density at radius 2 is 1.80 bits per heavy atom. The Labute approximate surface area is 119 Å². The first-order chi connectivity index (χ1) is 9.54. The van der Waals surface area contributed by atoms with E-state index in [9.17, 15) is 9.59 Å². The van der Waals surface area contributed by atoms with Gasteiger partial charge in [0.15, 0.2) is 0 Å². The fourth-order valence-electron chi connectivity index (χ4n) is 1.53. The summed E-state index contributed by atoms with van der Waals surface area (Å²) < 4.78 is 4.63. The zero-order chi connectivity index (χ0) is 15.0. The van der Waals surface area contributed by atoms with Crippen molar-refractivity contribution < 1.29 is 14.3 Å². The fraction of sp³-hybridized carbons (Fsp3) is 0.429. The number of ether oxygens (including phenoxy) is 1. The summed E-state index contributed by atoms with van der Waals surface area (Å²) in [5.74, 6) is -0.337. The third-order valence-electron chi connectivity index (χ3n) is 2.69. The van der Waals surface area contributed by atoms with Gasteiger partial charge in [0.25, 0.3) is 0 Å². The van der Waals surface area contributed by atoms with Crippen LogP contribution in [0.5, 0.6) is 0 Å². The molecule has 2 amide bonds. The van der Waals surface area contributed by atoms with E-state index in [2.05, 4.69) is 15.4 Å². The Balaban J connectivity index is 2.26. The highest BCUT2D eigenvalue weighted by Gasteiger charge is 2.04. The molecule has 2 N–H and O–H groups in total. The second kappa shape index (κ2) is 8.16. The standard InChI is InChI=1S/C14H21N3O3/c1-17(2)14(19)16-9-8-15-10-11-4-6-12(7-5-11)13(18)20-3/h4-7,15H,8-10H2,1-3H3,(H,16,19). The van der Waals surface area contributed by atoms with Crippen LogP contribution < -0.4 is 10.6 Å². The molecule has 0 aliphatic heterocycles. The molecule has 0 fully saturated rings. The molecule has 6 heteroatoms. The molecule has 1 rings (SSSR count). The number of hydrogen-bond donors (Lipinski definition) is 2. The smallest absolute Gasteiger partial charge is 0.337 e. The third-order valence-corrected chi connectivity index (χ3v) is 2.69. The first-order valence-corrected chi connectivity index (χ1v) is 6.37. The summed E-state index contributed by atoms with van der Waals surface area (Å²) in [6, 6.07) is 7.11. The van der Waals surface area contributed by atoms with Crippen LogP contribution in [0.3, 0.4) is 0 Å². The first-order valence-electron chi connectivity index (χ1n) is 6.37. The SMILES string of the molecule is COC(=O)c1ccc(CNCCNC(=O)N(C)C)cc1. The van der Waals surface area contributed by atoms with Crippen molar-refractivity contribution in [3.63, 3.8) is 0 Å². The molecule has 20 heavy (non-hydrogen) atoms. The molecule has 0 unspecified atom stereocenters. The number of nitrogens with one attached hydrogen (secondary N) is 2. The summed E-state index contributed by atoms with van der Waals surface area (Å²) in [5, 5.41) is 5.97. The number of esters is 1. The van der Waals surface area contributed by atoms with Crippen molar-refractivity contribution in [3.05, 3.63) is 35.4 Å². The number of hydrogen-bond acceptors (Lipinski definition) is 4. The van der Waals surface area contributed by atoms with Crippen molar-refractivity contribution in [2.24, 2.45) is 0 Å². The molecule has 0 heterocycles. The first kappa shape index (κ1) is 16.0. The maximum absolute atomic E-state index is 11.3. The van der Waals surface area contributed by atoms with Gasteiger partial charge in [-0.2, -0.15) is 0 Å². The molecule has 0 bridgehead atoms. The number of rotatable bonds is 6. The van der Waals surface area contributed by atoms with Crippen LogP contribution in [-0.2, 0) is 11.3 Å². The van der Waals surface area contributed by atoms with Crippen molar-refractivity contribution >= 4 is 12.0 Å². The summed E-state index contributed by atoms with van der Waals surface area (Å²) >= 11 is 0. The highest BCUT2D eigenvalue weighted by Crippen LogP contribution is 2.05. The lowest BCUT2D eigenvalue weighted by Gasteiger charge is -2.12. The van der Waals surface area contributed by atoms with Crippen LogP contribution in [-0.4, -0.2) is 51.2 Å². The number of amides is 2. The Hall–Kier alpha value is -2.08. The maximum Gasteiger partial charge on any atom is 0.337 e. The quantitative estimate of drug-likeness (QED) is 0.598. The molecule has 0 saturated carbocycles. The van der Waals surface area contributed by atoms with Crippen molar-refractivity contribution in [1.29, 1.82) is 0 Å². The minimum Gasteiger partial charge on any atom is -0.465 e. The van der Waals surface area contributed by atoms with E-state index in [-0.39, 0.29) is 12.0 Å². The molecule has 0 spiro atoms. The van der Waals surface area contributed by atoms with Gasteiger partial charge in [-0.05, 0) is 17.7 Å². The van der Waals surface area contributed by atoms with Gasteiger partial charge < -0.3 is 20.3 Å². The van der Waals surface area contributed by atoms with Crippen LogP contribution >= 0.6 is 0 Å². The van der Waals surface area contributed by atoms with E-state index < -0.39 is 0 Å². The van der Waals surface area contributed by atoms with E-state index in [0.29, 0.717) is 25.2 Å². The molecule has 1 aromatic rings. The molecular weight excluding hydrogens is 258 g/mol. The molecule has 6 nitrogen and oxygen atoms in total. The van der Waals surface area contributed by atoms with Gasteiger partial charge in [-0.15, -0.1) is 0 Å². The molecule has 0 atom stereocenters. The summed E-state index contributed by atoms with van der Waals surface area (Å²) in [5.41, 5.74) is 1.60. The summed E-state index contributed by atoms with van der Waals surface area (Å²) in [6.45, 7) is 1.93. The average molecular weight is 279 g/mol. The molecule has 0 aromatic heterocycles. The number of nitrogens with zero attached hydrogens (tertiary/aromatic N) is 1. The predicted octanol–water partition coefficient (Wildman–Crippen LogP) is 0.834. The highest BCUT2D eigenvalue weighted by atomic mass is 16.5. The van der Waals surface area contributed by atoms with Gasteiger partial charge in [0, 0.05) is 33.7 Å². The van der Waals surface area contributed by atoms with E-state index >= 15 is 0 Å². The lowest BCUT2D eigenvalue weighted by atomic mass is 10.1. The van der Waals surface area contributed by atoms with Gasteiger partial charge >= 0.3 is 12.0 Å². The van der Waals surface area contributed by atoms with Crippen LogP contribution in [0.2, 0.25) is 0 Å². The van der Waals surface area contributed by atoms with Crippen molar-refractivity contribution in [3.8, 4) is 0 Å². The van der Waals surface area contributed by atoms with Gasteiger partial charge in [0.1, 0.15) is 0 Å². The zero-order valence-electron chi connectivity index (χ0n) is 12.1. The van der Waals surface area contributed by atoms with Gasteiger partial charge in [-0.25, -0.2) is 9.59 Å². The van der Waals surface area contributed by atoms with Gasteiger partial charge in [0.2, 0.25) is 0 Å². The van der Waals surface area contributed by atoms with Crippen molar-refractivity contribution in [2.75, 3.05) is 34.3 Å². The number of methoxy groups -OCH3 is 1. The van der Waals surface area contributed by atoms with Crippen LogP contribution in [0.4, 0.5) is 4.79 Å². The monoisotopic (exact) mass is 279 g/mol. The average Bonchev–Trinajstić information content (AvgIpc) is 2.46. The van der Waals surface area contributed by atoms with E-state index in [0.717, 1.165) is 5.56 Å². The second-order valence-corrected chi connectivity index (χ2v) is 4.49. The predicted molar refractivity (Wildman–Crippen MR) is 76.6 cm³/mol. The van der Waals surface area contributed by atoms with Gasteiger partial charge in [0.05, 0.1) is 12.7 Å². The number of carbonyl (C=O) groups is 2. The molecule has 0 aliphatic rings. The summed E-state index contributed by atoms with van der Waals surface area (Å²) in [4.78, 5) is 24.0. The number of urea groups is 1. The Bertz CT molecular complexity index is 443. The molecule has 110 valence electrons. The molecular formula is C14H21N3O3. The Kier molecular flexibility index (Phi) is 6.52. The van der Waals surface area contributed by atoms with Gasteiger partial charge in [-0.3, -0.25) is 0 Å². The van der Waals surface area contributed by atoms with Crippen LogP contribution in [0.25, 0.3) is 0 Å². The van der Waals surface area contributed by atoms with Crippen LogP contribution in [0.15, 0.2) is 24.3 Å². The van der Waals surface area contributed by atoms with Gasteiger partial charge in [-0.1, -0.05) is 12.1 Å². The van der Waals surface area contributed by atoms with Crippen LogP contribution in [0.1, 0.15) is 15.9 Å². The topological polar surface area (TPSA) is 70.7 Å².